The zero-order chi connectivity index (χ0) is 82.0. The van der Waals surface area contributed by atoms with Gasteiger partial charge in [0.25, 0.3) is 0 Å². The van der Waals surface area contributed by atoms with Crippen LogP contribution >= 0.6 is 0 Å². The minimum absolute atomic E-state index is 0.644. The van der Waals surface area contributed by atoms with E-state index in [0.717, 1.165) is 150 Å². The number of aromatic nitrogens is 5. The van der Waals surface area contributed by atoms with E-state index in [-0.39, 0.29) is 0 Å². The van der Waals surface area contributed by atoms with Gasteiger partial charge < -0.3 is 8.98 Å². The Kier molecular flexibility index (Phi) is 16.6. The number of hydrogen-bond acceptors (Lipinski definition) is 7. The number of fused-ring (bicyclic) bond motifs is 14. The summed E-state index contributed by atoms with van der Waals surface area (Å²) in [5, 5.41) is 33.2. The molecular formula is C116H67N7O. The lowest BCUT2D eigenvalue weighted by molar-refractivity contribution is 0.669. The lowest BCUT2D eigenvalue weighted by atomic mass is 9.86. The first-order valence-electron chi connectivity index (χ1n) is 41.8. The van der Waals surface area contributed by atoms with Gasteiger partial charge in [-0.3, -0.25) is 0 Å². The van der Waals surface area contributed by atoms with E-state index in [2.05, 4.69) is 344 Å². The SMILES string of the molecule is N#Cc1ccc(-c2ccc3c4c(ccc(-c5ccc(-c6cc(-c7ccccc7)nc(-c7ccc(-n8c9ccccc9c9ccccc98)cc7)n6)c6ccccc56)c24)-c2ccccc2-3)cc1.N#Cc1ccc(-c2ccc3c4c(ccc(-c5ccc(-c6cc(-c7ccccc7)nc(-c7cccc8oc9ccccc9c78)n6)c6ccccc56)c24)-c2ccccc2-3)cc1. The first-order valence-corrected chi connectivity index (χ1v) is 41.8. The Balaban J connectivity index is 0.000000140. The zero-order valence-electron chi connectivity index (χ0n) is 66.7. The molecule has 8 heteroatoms. The van der Waals surface area contributed by atoms with Crippen molar-refractivity contribution in [2.75, 3.05) is 0 Å². The maximum absolute atomic E-state index is 9.64. The van der Waals surface area contributed by atoms with Crippen LogP contribution in [-0.4, -0.2) is 24.5 Å². The van der Waals surface area contributed by atoms with Crippen molar-refractivity contribution in [3.8, 4) is 175 Å². The molecule has 124 heavy (non-hydrogen) atoms. The summed E-state index contributed by atoms with van der Waals surface area (Å²) in [6, 6.07) is 148. The molecule has 8 nitrogen and oxygen atoms in total. The van der Waals surface area contributed by atoms with Crippen LogP contribution < -0.4 is 0 Å². The van der Waals surface area contributed by atoms with Gasteiger partial charge in [-0.05, 0) is 217 Å². The van der Waals surface area contributed by atoms with Gasteiger partial charge >= 0.3 is 0 Å². The maximum atomic E-state index is 9.64. The Hall–Kier alpha value is -17.0. The van der Waals surface area contributed by atoms with E-state index in [1.165, 1.54) is 87.9 Å². The molecule has 4 heterocycles. The molecule has 25 rings (SSSR count). The van der Waals surface area contributed by atoms with Crippen molar-refractivity contribution in [1.82, 2.24) is 24.5 Å². The maximum Gasteiger partial charge on any atom is 0.161 e. The third-order valence-electron chi connectivity index (χ3n) is 25.2. The molecule has 0 saturated carbocycles. The van der Waals surface area contributed by atoms with Gasteiger partial charge in [0.15, 0.2) is 11.6 Å². The molecule has 0 radical (unpaired) electrons. The Morgan fingerprint density at radius 2 is 0.524 bits per heavy atom. The normalized spacial score (nSPS) is 11.7. The molecule has 4 aromatic heterocycles. The molecule has 0 N–H and O–H groups in total. The van der Waals surface area contributed by atoms with E-state index < -0.39 is 0 Å². The number of hydrogen-bond donors (Lipinski definition) is 0. The Labute approximate surface area is 713 Å². The van der Waals surface area contributed by atoms with Gasteiger partial charge in [0, 0.05) is 60.6 Å². The molecule has 0 saturated heterocycles. The van der Waals surface area contributed by atoms with Gasteiger partial charge in [0.2, 0.25) is 0 Å². The van der Waals surface area contributed by atoms with Crippen molar-refractivity contribution in [2.24, 2.45) is 0 Å². The van der Waals surface area contributed by atoms with Crippen molar-refractivity contribution in [1.29, 1.82) is 10.5 Å². The monoisotopic (exact) mass is 1570 g/mol. The van der Waals surface area contributed by atoms with Gasteiger partial charge in [-0.25, -0.2) is 19.9 Å². The number of furan rings is 1. The van der Waals surface area contributed by atoms with Crippen LogP contribution in [-0.2, 0) is 0 Å². The molecule has 23 aromatic rings. The predicted molar refractivity (Wildman–Crippen MR) is 508 cm³/mol. The summed E-state index contributed by atoms with van der Waals surface area (Å²) >= 11 is 0. The smallest absolute Gasteiger partial charge is 0.161 e. The fraction of sp³-hybridized carbons (Fsp3) is 0. The standard InChI is InChI=1S/C61H36N4.C55H31N3O/c62-37-38-22-24-39(25-23-38)43-30-33-52-46-16-6-7-17-47(46)53-34-35-54(59(43)60(52)53)48-31-32-49(45-15-5-4-14-44(45)48)56-36-55(40-12-2-1-3-13-40)63-61(64-56)41-26-28-42(29-27-41)65-57-20-10-8-18-50(57)51-19-9-11-21-58(51)65;56-32-33-21-23-34(24-22-33)36-25-28-43-39-15-6-7-16-40(39)44-29-30-45(53(36)54(43)44)41-26-27-42(38-14-5-4-13-37(38)41)49-31-48(35-11-2-1-3-12-35)57-55(58-49)47-18-10-20-51-52(47)46-17-8-9-19-50(46)59-51/h1-36H;1-31H. The number of benzene rings is 19. The van der Waals surface area contributed by atoms with Crippen LogP contribution in [0.1, 0.15) is 11.1 Å². The Morgan fingerprint density at radius 3 is 0.984 bits per heavy atom. The summed E-state index contributed by atoms with van der Waals surface area (Å²) in [6.07, 6.45) is 0. The third kappa shape index (κ3) is 11.5. The van der Waals surface area contributed by atoms with Crippen LogP contribution in [0.4, 0.5) is 0 Å². The first-order chi connectivity index (χ1) is 61.4. The zero-order valence-corrected chi connectivity index (χ0v) is 66.7. The highest BCUT2D eigenvalue weighted by Crippen LogP contribution is 2.56. The van der Waals surface area contributed by atoms with E-state index in [4.69, 9.17) is 24.4 Å². The molecule has 0 unspecified atom stereocenters. The summed E-state index contributed by atoms with van der Waals surface area (Å²) in [7, 11) is 0. The number of rotatable bonds is 11. The van der Waals surface area contributed by atoms with Crippen LogP contribution in [0.25, 0.3) is 249 Å². The molecule has 0 fully saturated rings. The highest BCUT2D eigenvalue weighted by atomic mass is 16.3. The minimum atomic E-state index is 0.644. The topological polar surface area (TPSA) is 117 Å². The van der Waals surface area contributed by atoms with Crippen molar-refractivity contribution >= 4 is 86.8 Å². The highest BCUT2D eigenvalue weighted by molar-refractivity contribution is 6.26. The second-order valence-corrected chi connectivity index (χ2v) is 31.9. The van der Waals surface area contributed by atoms with E-state index >= 15 is 0 Å². The van der Waals surface area contributed by atoms with Crippen molar-refractivity contribution in [2.45, 2.75) is 0 Å². The molecule has 0 spiro atoms. The average molecular weight is 1570 g/mol. The molecule has 0 aliphatic heterocycles. The van der Waals surface area contributed by atoms with Crippen LogP contribution in [0.3, 0.4) is 0 Å². The molecule has 2 aliphatic carbocycles. The second kappa shape index (κ2) is 28.9. The molecule has 0 amide bonds. The van der Waals surface area contributed by atoms with Gasteiger partial charge in [-0.15, -0.1) is 0 Å². The quantitative estimate of drug-likeness (QED) is 0.127. The summed E-state index contributed by atoms with van der Waals surface area (Å²) in [6.45, 7) is 0. The summed E-state index contributed by atoms with van der Waals surface area (Å²) in [4.78, 5) is 21.2. The van der Waals surface area contributed by atoms with Crippen LogP contribution in [0.2, 0.25) is 0 Å². The average Bonchev–Trinajstić information content (AvgIpc) is 1.51. The fourth-order valence-electron chi connectivity index (χ4n) is 19.5. The van der Waals surface area contributed by atoms with Gasteiger partial charge in [0.1, 0.15) is 11.2 Å². The number of nitrogens with zero attached hydrogens (tertiary/aromatic N) is 7. The van der Waals surface area contributed by atoms with Gasteiger partial charge in [0.05, 0.1) is 57.1 Å². The summed E-state index contributed by atoms with van der Waals surface area (Å²) in [5.74, 6) is 1.31. The summed E-state index contributed by atoms with van der Waals surface area (Å²) < 4.78 is 8.64. The second-order valence-electron chi connectivity index (χ2n) is 31.9. The first kappa shape index (κ1) is 71.1. The number of nitriles is 2. The molecule has 0 atom stereocenters. The summed E-state index contributed by atoms with van der Waals surface area (Å²) in [5.41, 5.74) is 34.8. The van der Waals surface area contributed by atoms with Crippen LogP contribution in [0, 0.1) is 22.7 Å². The Bertz CT molecular complexity index is 8370. The Morgan fingerprint density at radius 1 is 0.202 bits per heavy atom. The van der Waals surface area contributed by atoms with Crippen molar-refractivity contribution in [3.05, 3.63) is 418 Å². The lowest BCUT2D eigenvalue weighted by Gasteiger charge is -2.18. The molecule has 19 aromatic carbocycles. The van der Waals surface area contributed by atoms with Crippen LogP contribution in [0.15, 0.2) is 411 Å². The van der Waals surface area contributed by atoms with E-state index in [1.807, 2.05) is 78.9 Å². The molecule has 0 bridgehead atoms. The van der Waals surface area contributed by atoms with E-state index in [1.54, 1.807) is 0 Å². The minimum Gasteiger partial charge on any atom is -0.456 e. The number of para-hydroxylation sites is 3. The highest BCUT2D eigenvalue weighted by Gasteiger charge is 2.30. The molecule has 572 valence electrons. The third-order valence-corrected chi connectivity index (χ3v) is 25.2. The van der Waals surface area contributed by atoms with Gasteiger partial charge in [-0.2, -0.15) is 10.5 Å². The van der Waals surface area contributed by atoms with Crippen molar-refractivity contribution < 1.29 is 4.42 Å². The molecule has 2 aliphatic rings. The molecular weight excluding hydrogens is 1510 g/mol. The van der Waals surface area contributed by atoms with E-state index in [9.17, 15) is 10.5 Å². The van der Waals surface area contributed by atoms with Gasteiger partial charge in [-0.1, -0.05) is 322 Å². The lowest BCUT2D eigenvalue weighted by Crippen LogP contribution is -1.98. The fourth-order valence-corrected chi connectivity index (χ4v) is 19.5. The largest absolute Gasteiger partial charge is 0.456 e. The van der Waals surface area contributed by atoms with E-state index in [0.29, 0.717) is 22.8 Å². The van der Waals surface area contributed by atoms with Crippen molar-refractivity contribution in [3.63, 3.8) is 0 Å². The van der Waals surface area contributed by atoms with Crippen LogP contribution in [0.5, 0.6) is 0 Å². The predicted octanol–water partition coefficient (Wildman–Crippen LogP) is 30.3.